The minimum Gasteiger partial charge on any atom is -0.383 e. The highest BCUT2D eigenvalue weighted by Crippen LogP contribution is 2.33. The number of methoxy groups -OCH3 is 1. The van der Waals surface area contributed by atoms with Crippen LogP contribution in [0.3, 0.4) is 0 Å². The highest BCUT2D eigenvalue weighted by Gasteiger charge is 2.21. The van der Waals surface area contributed by atoms with Gasteiger partial charge in [0.2, 0.25) is 0 Å². The zero-order chi connectivity index (χ0) is 12.8. The molecule has 1 saturated carbocycles. The van der Waals surface area contributed by atoms with Gasteiger partial charge in [-0.1, -0.05) is 19.8 Å². The molecular formula is C14H25N3O. The van der Waals surface area contributed by atoms with Crippen LogP contribution in [0.25, 0.3) is 0 Å². The summed E-state index contributed by atoms with van der Waals surface area (Å²) < 4.78 is 5.00. The standard InChI is InChI=1S/C14H25N3O/c1-11-3-5-12(6-4-11)14-16-10-13(17-14)9-15-7-8-18-2/h10-12,15H,3-9H2,1-2H3,(H,16,17). The van der Waals surface area contributed by atoms with Crippen molar-refractivity contribution in [1.82, 2.24) is 15.3 Å². The van der Waals surface area contributed by atoms with Gasteiger partial charge < -0.3 is 15.0 Å². The summed E-state index contributed by atoms with van der Waals surface area (Å²) in [5.74, 6) is 2.73. The second-order valence-electron chi connectivity index (χ2n) is 5.42. The molecule has 4 heteroatoms. The van der Waals surface area contributed by atoms with Crippen LogP contribution in [0.4, 0.5) is 0 Å². The van der Waals surface area contributed by atoms with Crippen molar-refractivity contribution in [2.45, 2.75) is 45.1 Å². The van der Waals surface area contributed by atoms with Crippen molar-refractivity contribution < 1.29 is 4.74 Å². The number of aromatic amines is 1. The molecule has 0 radical (unpaired) electrons. The second-order valence-corrected chi connectivity index (χ2v) is 5.42. The zero-order valence-electron chi connectivity index (χ0n) is 11.5. The molecular weight excluding hydrogens is 226 g/mol. The van der Waals surface area contributed by atoms with Crippen molar-refractivity contribution in [3.63, 3.8) is 0 Å². The van der Waals surface area contributed by atoms with E-state index < -0.39 is 0 Å². The number of ether oxygens (including phenoxy) is 1. The van der Waals surface area contributed by atoms with Crippen LogP contribution < -0.4 is 5.32 Å². The first-order valence-electron chi connectivity index (χ1n) is 7.03. The van der Waals surface area contributed by atoms with Gasteiger partial charge in [-0.05, 0) is 18.8 Å². The van der Waals surface area contributed by atoms with Crippen LogP contribution in [0.5, 0.6) is 0 Å². The van der Waals surface area contributed by atoms with Crippen molar-refractivity contribution in [2.24, 2.45) is 5.92 Å². The van der Waals surface area contributed by atoms with Gasteiger partial charge >= 0.3 is 0 Å². The second kappa shape index (κ2) is 6.90. The van der Waals surface area contributed by atoms with Crippen LogP contribution in [-0.4, -0.2) is 30.2 Å². The number of hydrogen-bond acceptors (Lipinski definition) is 3. The van der Waals surface area contributed by atoms with E-state index in [1.54, 1.807) is 7.11 Å². The molecule has 0 spiro atoms. The van der Waals surface area contributed by atoms with E-state index in [1.807, 2.05) is 6.20 Å². The van der Waals surface area contributed by atoms with Crippen LogP contribution in [-0.2, 0) is 11.3 Å². The van der Waals surface area contributed by atoms with Crippen LogP contribution in [0.1, 0.15) is 50.0 Å². The van der Waals surface area contributed by atoms with Crippen molar-refractivity contribution in [1.29, 1.82) is 0 Å². The number of aromatic nitrogens is 2. The summed E-state index contributed by atoms with van der Waals surface area (Å²) in [5, 5.41) is 3.33. The minimum absolute atomic E-state index is 0.647. The van der Waals surface area contributed by atoms with Gasteiger partial charge in [0.05, 0.1) is 6.61 Å². The maximum Gasteiger partial charge on any atom is 0.109 e. The number of imidazole rings is 1. The van der Waals surface area contributed by atoms with Crippen molar-refractivity contribution in [2.75, 3.05) is 20.3 Å². The first-order valence-corrected chi connectivity index (χ1v) is 7.03. The Labute approximate surface area is 110 Å². The predicted molar refractivity (Wildman–Crippen MR) is 72.5 cm³/mol. The van der Waals surface area contributed by atoms with E-state index >= 15 is 0 Å². The Morgan fingerprint density at radius 1 is 1.39 bits per heavy atom. The average molecular weight is 251 g/mol. The summed E-state index contributed by atoms with van der Waals surface area (Å²) in [6, 6.07) is 0. The molecule has 18 heavy (non-hydrogen) atoms. The van der Waals surface area contributed by atoms with Gasteiger partial charge in [-0.2, -0.15) is 0 Å². The fourth-order valence-corrected chi connectivity index (χ4v) is 2.60. The largest absolute Gasteiger partial charge is 0.383 e. The Balaban J connectivity index is 1.78. The predicted octanol–water partition coefficient (Wildman–Crippen LogP) is 2.44. The lowest BCUT2D eigenvalue weighted by atomic mass is 9.83. The minimum atomic E-state index is 0.647. The lowest BCUT2D eigenvalue weighted by Gasteiger charge is -2.24. The number of rotatable bonds is 6. The first-order chi connectivity index (χ1) is 8.79. The molecule has 1 aliphatic carbocycles. The number of hydrogen-bond donors (Lipinski definition) is 2. The first kappa shape index (κ1) is 13.6. The third-order valence-corrected chi connectivity index (χ3v) is 3.85. The topological polar surface area (TPSA) is 49.9 Å². The highest BCUT2D eigenvalue weighted by atomic mass is 16.5. The van der Waals surface area contributed by atoms with Crippen LogP contribution in [0.2, 0.25) is 0 Å². The fourth-order valence-electron chi connectivity index (χ4n) is 2.60. The molecule has 2 N–H and O–H groups in total. The lowest BCUT2D eigenvalue weighted by Crippen LogP contribution is -2.18. The Bertz CT molecular complexity index is 343. The summed E-state index contributed by atoms with van der Waals surface area (Å²) in [6.07, 6.45) is 7.21. The van der Waals surface area contributed by atoms with Gasteiger partial charge in [0, 0.05) is 38.0 Å². The summed E-state index contributed by atoms with van der Waals surface area (Å²) in [4.78, 5) is 8.00. The highest BCUT2D eigenvalue weighted by molar-refractivity contribution is 5.06. The van der Waals surface area contributed by atoms with Crippen LogP contribution in [0.15, 0.2) is 6.20 Å². The van der Waals surface area contributed by atoms with E-state index in [-0.39, 0.29) is 0 Å². The maximum absolute atomic E-state index is 5.00. The van der Waals surface area contributed by atoms with E-state index in [1.165, 1.54) is 37.2 Å². The van der Waals surface area contributed by atoms with Crippen molar-refractivity contribution in [3.8, 4) is 0 Å². The molecule has 0 amide bonds. The van der Waals surface area contributed by atoms with E-state index in [0.717, 1.165) is 25.6 Å². The molecule has 1 aromatic rings. The lowest BCUT2D eigenvalue weighted by molar-refractivity contribution is 0.199. The Morgan fingerprint density at radius 2 is 2.17 bits per heavy atom. The Hall–Kier alpha value is -0.870. The number of nitrogens with zero attached hydrogens (tertiary/aromatic N) is 1. The monoisotopic (exact) mass is 251 g/mol. The van der Waals surface area contributed by atoms with Gasteiger partial charge in [0.1, 0.15) is 5.82 Å². The SMILES string of the molecule is COCCNCc1cnc(C2CCC(C)CC2)[nH]1. The number of nitrogens with one attached hydrogen (secondary N) is 2. The smallest absolute Gasteiger partial charge is 0.109 e. The number of H-pyrrole nitrogens is 1. The Kier molecular flexibility index (Phi) is 5.20. The van der Waals surface area contributed by atoms with E-state index in [0.29, 0.717) is 5.92 Å². The van der Waals surface area contributed by atoms with Gasteiger partial charge in [0.25, 0.3) is 0 Å². The molecule has 0 saturated heterocycles. The quantitative estimate of drug-likeness (QED) is 0.764. The van der Waals surface area contributed by atoms with Crippen LogP contribution >= 0.6 is 0 Å². The molecule has 0 atom stereocenters. The maximum atomic E-state index is 5.00. The van der Waals surface area contributed by atoms with E-state index in [9.17, 15) is 0 Å². The van der Waals surface area contributed by atoms with Gasteiger partial charge in [0.15, 0.2) is 0 Å². The molecule has 0 bridgehead atoms. The van der Waals surface area contributed by atoms with E-state index in [4.69, 9.17) is 4.74 Å². The van der Waals surface area contributed by atoms with Gasteiger partial charge in [-0.25, -0.2) is 4.98 Å². The van der Waals surface area contributed by atoms with Crippen molar-refractivity contribution in [3.05, 3.63) is 17.7 Å². The average Bonchev–Trinajstić information content (AvgIpc) is 2.84. The fraction of sp³-hybridized carbons (Fsp3) is 0.786. The molecule has 1 aliphatic rings. The molecule has 2 rings (SSSR count). The van der Waals surface area contributed by atoms with Gasteiger partial charge in [-0.15, -0.1) is 0 Å². The summed E-state index contributed by atoms with van der Waals surface area (Å²) in [5.41, 5.74) is 1.18. The molecule has 1 fully saturated rings. The van der Waals surface area contributed by atoms with Crippen LogP contribution in [0, 0.1) is 5.92 Å². The third-order valence-electron chi connectivity index (χ3n) is 3.85. The normalized spacial score (nSPS) is 24.3. The third kappa shape index (κ3) is 3.82. The molecule has 102 valence electrons. The zero-order valence-corrected chi connectivity index (χ0v) is 11.5. The molecule has 0 aromatic carbocycles. The summed E-state index contributed by atoms with van der Waals surface area (Å²) in [6.45, 7) is 4.83. The Morgan fingerprint density at radius 3 is 2.89 bits per heavy atom. The summed E-state index contributed by atoms with van der Waals surface area (Å²) in [7, 11) is 1.72. The summed E-state index contributed by atoms with van der Waals surface area (Å²) >= 11 is 0. The van der Waals surface area contributed by atoms with Crippen molar-refractivity contribution >= 4 is 0 Å². The molecule has 1 heterocycles. The van der Waals surface area contributed by atoms with Gasteiger partial charge in [-0.3, -0.25) is 0 Å². The molecule has 0 aliphatic heterocycles. The molecule has 4 nitrogen and oxygen atoms in total. The molecule has 1 aromatic heterocycles. The van der Waals surface area contributed by atoms with E-state index in [2.05, 4.69) is 22.2 Å². The molecule has 0 unspecified atom stereocenters.